The number of nitrogens with one attached hydrogen (secondary N) is 1. The quantitative estimate of drug-likeness (QED) is 0.401. The molecule has 1 N–H and O–H groups in total. The third-order valence-electron chi connectivity index (χ3n) is 6.60. The maximum atomic E-state index is 14.0. The van der Waals surface area contributed by atoms with Crippen molar-refractivity contribution in [2.24, 2.45) is 0 Å². The third kappa shape index (κ3) is 3.85. The summed E-state index contributed by atoms with van der Waals surface area (Å²) in [7, 11) is 4.70. The summed E-state index contributed by atoms with van der Waals surface area (Å²) in [4.78, 5) is 30.4. The number of rotatable bonds is 7. The van der Waals surface area contributed by atoms with Gasteiger partial charge in [0, 0.05) is 35.7 Å². The van der Waals surface area contributed by atoms with Crippen LogP contribution < -0.4 is 24.4 Å². The summed E-state index contributed by atoms with van der Waals surface area (Å²) in [5.74, 6) is 1.18. The van der Waals surface area contributed by atoms with Gasteiger partial charge in [-0.15, -0.1) is 11.3 Å². The van der Waals surface area contributed by atoms with Crippen molar-refractivity contribution in [3.05, 3.63) is 71.2 Å². The van der Waals surface area contributed by atoms with E-state index in [1.54, 1.807) is 62.7 Å². The van der Waals surface area contributed by atoms with Gasteiger partial charge in [0.2, 0.25) is 5.91 Å². The van der Waals surface area contributed by atoms with Crippen molar-refractivity contribution in [3.8, 4) is 17.2 Å². The highest BCUT2D eigenvalue weighted by Crippen LogP contribution is 2.39. The van der Waals surface area contributed by atoms with Gasteiger partial charge in [-0.3, -0.25) is 14.5 Å². The van der Waals surface area contributed by atoms with Crippen molar-refractivity contribution >= 4 is 39.1 Å². The smallest absolute Gasteiger partial charge is 0.275 e. The first-order valence-electron chi connectivity index (χ1n) is 11.4. The summed E-state index contributed by atoms with van der Waals surface area (Å²) in [6, 6.07) is 16.6. The molecular formula is C27H27N3O5S. The summed E-state index contributed by atoms with van der Waals surface area (Å²) < 4.78 is 18.3. The van der Waals surface area contributed by atoms with Crippen LogP contribution in [0.25, 0.3) is 10.2 Å². The standard InChI is InChI=1S/C27H27N3O5S/c1-27(26(32)28-15-18-7-5-6-8-23(18)35-4)16-29-22(11-17-9-10-36-25(17)29)24(31)30(27)19-12-20(33-2)14-21(13-19)34-3/h5-14H,15-16H2,1-4H3,(H,28,32). The van der Waals surface area contributed by atoms with Crippen LogP contribution in [0.5, 0.6) is 17.2 Å². The number of fused-ring (bicyclic) bond motifs is 3. The minimum absolute atomic E-state index is 0.259. The number of aromatic nitrogens is 1. The van der Waals surface area contributed by atoms with Gasteiger partial charge in [0.1, 0.15) is 33.3 Å². The molecule has 0 aliphatic carbocycles. The Hall–Kier alpha value is -3.98. The SMILES string of the molecule is COc1cc(OC)cc(N2C(=O)c3cc4ccsc4n3CC2(C)C(=O)NCc2ccccc2OC)c1. The van der Waals surface area contributed by atoms with Crippen molar-refractivity contribution < 1.29 is 23.8 Å². The molecule has 0 saturated heterocycles. The Balaban J connectivity index is 1.59. The normalized spacial score (nSPS) is 17.1. The second-order valence-corrected chi connectivity index (χ2v) is 9.67. The number of thiophene rings is 1. The predicted octanol–water partition coefficient (Wildman–Crippen LogP) is 4.46. The Morgan fingerprint density at radius 3 is 2.44 bits per heavy atom. The van der Waals surface area contributed by atoms with E-state index in [0.29, 0.717) is 28.6 Å². The fourth-order valence-electron chi connectivity index (χ4n) is 4.74. The lowest BCUT2D eigenvalue weighted by Crippen LogP contribution is -2.64. The Morgan fingerprint density at radius 2 is 1.75 bits per heavy atom. The van der Waals surface area contributed by atoms with Crippen LogP contribution in [0.3, 0.4) is 0 Å². The van der Waals surface area contributed by atoms with Gasteiger partial charge in [-0.1, -0.05) is 18.2 Å². The lowest BCUT2D eigenvalue weighted by atomic mass is 9.93. The number of ether oxygens (including phenoxy) is 3. The van der Waals surface area contributed by atoms with Crippen LogP contribution in [0.1, 0.15) is 23.0 Å². The maximum absolute atomic E-state index is 14.0. The van der Waals surface area contributed by atoms with Crippen LogP contribution in [0.4, 0.5) is 5.69 Å². The van der Waals surface area contributed by atoms with E-state index < -0.39 is 5.54 Å². The molecule has 8 nitrogen and oxygen atoms in total. The molecule has 1 atom stereocenters. The zero-order valence-corrected chi connectivity index (χ0v) is 21.3. The fourth-order valence-corrected chi connectivity index (χ4v) is 5.64. The number of carbonyl (C=O) groups is 2. The van der Waals surface area contributed by atoms with E-state index in [2.05, 4.69) is 5.32 Å². The molecule has 1 unspecified atom stereocenters. The zero-order valence-electron chi connectivity index (χ0n) is 20.5. The van der Waals surface area contributed by atoms with Crippen molar-refractivity contribution in [1.29, 1.82) is 0 Å². The first-order valence-corrected chi connectivity index (χ1v) is 12.3. The molecule has 3 heterocycles. The Morgan fingerprint density at radius 1 is 1.03 bits per heavy atom. The number of hydrogen-bond donors (Lipinski definition) is 1. The molecule has 186 valence electrons. The molecule has 0 saturated carbocycles. The number of carbonyl (C=O) groups excluding carboxylic acids is 2. The molecule has 9 heteroatoms. The lowest BCUT2D eigenvalue weighted by Gasteiger charge is -2.44. The number of anilines is 1. The first-order chi connectivity index (χ1) is 17.4. The molecule has 1 aliphatic heterocycles. The third-order valence-corrected chi connectivity index (χ3v) is 7.55. The van der Waals surface area contributed by atoms with Gasteiger partial charge in [-0.2, -0.15) is 0 Å². The summed E-state index contributed by atoms with van der Waals surface area (Å²) in [6.45, 7) is 2.33. The molecule has 5 rings (SSSR count). The number of methoxy groups -OCH3 is 3. The van der Waals surface area contributed by atoms with E-state index in [9.17, 15) is 9.59 Å². The first kappa shape index (κ1) is 23.7. The molecule has 36 heavy (non-hydrogen) atoms. The summed E-state index contributed by atoms with van der Waals surface area (Å²) >= 11 is 1.55. The van der Waals surface area contributed by atoms with Crippen LogP contribution in [0, 0.1) is 0 Å². The number of benzene rings is 2. The molecule has 4 aromatic rings. The lowest BCUT2D eigenvalue weighted by molar-refractivity contribution is -0.126. The van der Waals surface area contributed by atoms with Crippen LogP contribution in [0.2, 0.25) is 0 Å². The molecule has 1 aliphatic rings. The number of para-hydroxylation sites is 1. The Bertz CT molecular complexity index is 1440. The van der Waals surface area contributed by atoms with Gasteiger partial charge < -0.3 is 24.1 Å². The second-order valence-electron chi connectivity index (χ2n) is 8.78. The van der Waals surface area contributed by atoms with E-state index in [1.165, 1.54) is 0 Å². The molecule has 2 aromatic carbocycles. The van der Waals surface area contributed by atoms with Crippen molar-refractivity contribution in [2.75, 3.05) is 26.2 Å². The average Bonchev–Trinajstić information content (AvgIpc) is 3.49. The maximum Gasteiger partial charge on any atom is 0.275 e. The molecule has 0 fully saturated rings. The number of hydrogen-bond acceptors (Lipinski definition) is 6. The largest absolute Gasteiger partial charge is 0.497 e. The summed E-state index contributed by atoms with van der Waals surface area (Å²) in [6.07, 6.45) is 0. The highest BCUT2D eigenvalue weighted by molar-refractivity contribution is 7.16. The Labute approximate surface area is 213 Å². The van der Waals surface area contributed by atoms with Crippen LogP contribution in [0.15, 0.2) is 60.0 Å². The van der Waals surface area contributed by atoms with E-state index in [1.807, 2.05) is 46.3 Å². The second kappa shape index (κ2) is 9.23. The van der Waals surface area contributed by atoms with E-state index in [-0.39, 0.29) is 24.9 Å². The number of amides is 2. The Kier molecular flexibility index (Phi) is 6.09. The zero-order chi connectivity index (χ0) is 25.4. The van der Waals surface area contributed by atoms with Gasteiger partial charge >= 0.3 is 0 Å². The molecule has 2 aromatic heterocycles. The van der Waals surface area contributed by atoms with Crippen molar-refractivity contribution in [1.82, 2.24) is 9.88 Å². The summed E-state index contributed by atoms with van der Waals surface area (Å²) in [5, 5.41) is 6.00. The molecule has 0 bridgehead atoms. The van der Waals surface area contributed by atoms with Gasteiger partial charge in [0.15, 0.2) is 0 Å². The van der Waals surface area contributed by atoms with Crippen molar-refractivity contribution in [3.63, 3.8) is 0 Å². The minimum atomic E-state index is -1.24. The molecule has 0 spiro atoms. The highest BCUT2D eigenvalue weighted by Gasteiger charge is 2.49. The molecule has 2 amide bonds. The van der Waals surface area contributed by atoms with Gasteiger partial charge in [-0.05, 0) is 30.5 Å². The fraction of sp³-hybridized carbons (Fsp3) is 0.259. The predicted molar refractivity (Wildman–Crippen MR) is 139 cm³/mol. The van der Waals surface area contributed by atoms with Gasteiger partial charge in [0.05, 0.1) is 33.6 Å². The average molecular weight is 506 g/mol. The van der Waals surface area contributed by atoms with Gasteiger partial charge in [0.25, 0.3) is 5.91 Å². The van der Waals surface area contributed by atoms with E-state index in [0.717, 1.165) is 15.8 Å². The van der Waals surface area contributed by atoms with E-state index in [4.69, 9.17) is 14.2 Å². The van der Waals surface area contributed by atoms with Crippen molar-refractivity contribution in [2.45, 2.75) is 25.6 Å². The minimum Gasteiger partial charge on any atom is -0.497 e. The van der Waals surface area contributed by atoms with E-state index >= 15 is 0 Å². The van der Waals surface area contributed by atoms with Crippen LogP contribution in [-0.2, 0) is 17.9 Å². The topological polar surface area (TPSA) is 82.0 Å². The monoisotopic (exact) mass is 505 g/mol. The van der Waals surface area contributed by atoms with Gasteiger partial charge in [-0.25, -0.2) is 0 Å². The summed E-state index contributed by atoms with van der Waals surface area (Å²) in [5.41, 5.74) is 0.658. The number of nitrogens with zero attached hydrogens (tertiary/aromatic N) is 2. The van der Waals surface area contributed by atoms with Crippen LogP contribution in [-0.4, -0.2) is 43.2 Å². The van der Waals surface area contributed by atoms with Crippen LogP contribution >= 0.6 is 11.3 Å². The molecule has 0 radical (unpaired) electrons. The highest BCUT2D eigenvalue weighted by atomic mass is 32.1. The molecular weight excluding hydrogens is 478 g/mol.